The fourth-order valence-corrected chi connectivity index (χ4v) is 3.04. The summed E-state index contributed by atoms with van der Waals surface area (Å²) in [7, 11) is 0. The van der Waals surface area contributed by atoms with Crippen LogP contribution in [0.15, 0.2) is 35.1 Å². The van der Waals surface area contributed by atoms with Gasteiger partial charge in [-0.3, -0.25) is 14.4 Å². The predicted molar refractivity (Wildman–Crippen MR) is 94.2 cm³/mol. The number of carboxylic acids is 1. The van der Waals surface area contributed by atoms with Crippen molar-refractivity contribution in [3.05, 3.63) is 63.1 Å². The fourth-order valence-electron chi connectivity index (χ4n) is 3.04. The zero-order valence-electron chi connectivity index (χ0n) is 14.0. The highest BCUT2D eigenvalue weighted by molar-refractivity contribution is 6.04. The van der Waals surface area contributed by atoms with E-state index in [9.17, 15) is 14.4 Å². The quantitative estimate of drug-likeness (QED) is 0.797. The summed E-state index contributed by atoms with van der Waals surface area (Å²) in [6.07, 6.45) is 3.82. The fraction of sp³-hybridized carbons (Fsp3) is 0.316. The highest BCUT2D eigenvalue weighted by Gasteiger charge is 2.18. The number of carbonyl (C=O) groups excluding carboxylic acids is 1. The number of aryl methyl sites for hydroxylation is 2. The number of pyridine rings is 1. The number of benzene rings is 1. The van der Waals surface area contributed by atoms with Crippen LogP contribution in [0.4, 0.5) is 5.69 Å². The van der Waals surface area contributed by atoms with Crippen molar-refractivity contribution in [3.8, 4) is 0 Å². The Kier molecular flexibility index (Phi) is 4.70. The van der Waals surface area contributed by atoms with Crippen molar-refractivity contribution in [2.75, 3.05) is 5.32 Å². The number of rotatable bonds is 4. The highest BCUT2D eigenvalue weighted by atomic mass is 16.4. The molecular weight excluding hydrogens is 320 g/mol. The first-order valence-corrected chi connectivity index (χ1v) is 8.35. The molecule has 1 aliphatic carbocycles. The van der Waals surface area contributed by atoms with Gasteiger partial charge < -0.3 is 15.4 Å². The lowest BCUT2D eigenvalue weighted by Crippen LogP contribution is -2.26. The van der Waals surface area contributed by atoms with Gasteiger partial charge in [-0.25, -0.2) is 0 Å². The third-order valence-electron chi connectivity index (χ3n) is 4.62. The maximum Gasteiger partial charge on any atom is 0.310 e. The van der Waals surface area contributed by atoms with E-state index in [1.807, 2.05) is 0 Å². The third kappa shape index (κ3) is 3.63. The average molecular weight is 340 g/mol. The Morgan fingerprint density at radius 2 is 1.84 bits per heavy atom. The molecule has 0 saturated heterocycles. The molecule has 1 aliphatic rings. The summed E-state index contributed by atoms with van der Waals surface area (Å²) in [5, 5.41) is 11.7. The molecule has 0 bridgehead atoms. The Hall–Kier alpha value is -2.89. The summed E-state index contributed by atoms with van der Waals surface area (Å²) < 4.78 is 0. The number of aromatic nitrogens is 1. The van der Waals surface area contributed by atoms with Gasteiger partial charge in [0.2, 0.25) is 0 Å². The van der Waals surface area contributed by atoms with Crippen molar-refractivity contribution in [1.82, 2.24) is 4.98 Å². The molecule has 6 heteroatoms. The highest BCUT2D eigenvalue weighted by Crippen LogP contribution is 2.20. The molecule has 0 spiro atoms. The predicted octanol–water partition coefficient (Wildman–Crippen LogP) is 2.69. The van der Waals surface area contributed by atoms with Crippen LogP contribution in [0.2, 0.25) is 0 Å². The molecule has 2 aromatic rings. The van der Waals surface area contributed by atoms with Gasteiger partial charge in [0.15, 0.2) is 0 Å². The number of anilines is 1. The van der Waals surface area contributed by atoms with E-state index in [4.69, 9.17) is 5.11 Å². The average Bonchev–Trinajstić information content (AvgIpc) is 2.61. The molecule has 1 atom stereocenters. The number of aromatic amines is 1. The van der Waals surface area contributed by atoms with E-state index in [0.29, 0.717) is 11.3 Å². The van der Waals surface area contributed by atoms with Gasteiger partial charge in [0.05, 0.1) is 5.92 Å². The van der Waals surface area contributed by atoms with Crippen LogP contribution < -0.4 is 10.9 Å². The van der Waals surface area contributed by atoms with Crippen LogP contribution in [0, 0.1) is 0 Å². The van der Waals surface area contributed by atoms with E-state index in [0.717, 1.165) is 36.9 Å². The van der Waals surface area contributed by atoms with E-state index in [-0.39, 0.29) is 11.1 Å². The second kappa shape index (κ2) is 6.93. The first-order valence-electron chi connectivity index (χ1n) is 8.35. The van der Waals surface area contributed by atoms with Crippen molar-refractivity contribution < 1.29 is 14.7 Å². The lowest BCUT2D eigenvalue weighted by atomic mass is 9.95. The maximum atomic E-state index is 12.4. The summed E-state index contributed by atoms with van der Waals surface area (Å²) in [5.41, 5.74) is 2.85. The molecule has 3 N–H and O–H groups in total. The molecular formula is C19H20N2O4. The van der Waals surface area contributed by atoms with Crippen molar-refractivity contribution in [1.29, 1.82) is 0 Å². The van der Waals surface area contributed by atoms with Gasteiger partial charge in [-0.15, -0.1) is 0 Å². The van der Waals surface area contributed by atoms with Gasteiger partial charge in [0.25, 0.3) is 11.5 Å². The lowest BCUT2D eigenvalue weighted by molar-refractivity contribution is -0.138. The molecule has 1 unspecified atom stereocenters. The smallest absolute Gasteiger partial charge is 0.310 e. The summed E-state index contributed by atoms with van der Waals surface area (Å²) in [6.45, 7) is 1.60. The number of carbonyl (C=O) groups is 2. The molecule has 1 aromatic heterocycles. The summed E-state index contributed by atoms with van der Waals surface area (Å²) >= 11 is 0. The van der Waals surface area contributed by atoms with Gasteiger partial charge >= 0.3 is 5.97 Å². The van der Waals surface area contributed by atoms with Crippen LogP contribution in [-0.4, -0.2) is 22.0 Å². The Morgan fingerprint density at radius 1 is 1.16 bits per heavy atom. The van der Waals surface area contributed by atoms with E-state index < -0.39 is 17.8 Å². The second-order valence-electron chi connectivity index (χ2n) is 6.36. The van der Waals surface area contributed by atoms with Crippen LogP contribution in [0.3, 0.4) is 0 Å². The summed E-state index contributed by atoms with van der Waals surface area (Å²) in [4.78, 5) is 38.4. The second-order valence-corrected chi connectivity index (χ2v) is 6.36. The Morgan fingerprint density at radius 3 is 2.52 bits per heavy atom. The van der Waals surface area contributed by atoms with Gasteiger partial charge in [0, 0.05) is 11.4 Å². The minimum atomic E-state index is -0.905. The molecule has 1 heterocycles. The van der Waals surface area contributed by atoms with Crippen LogP contribution in [0.25, 0.3) is 0 Å². The molecule has 0 fully saturated rings. The molecule has 3 rings (SSSR count). The van der Waals surface area contributed by atoms with E-state index in [2.05, 4.69) is 10.3 Å². The zero-order chi connectivity index (χ0) is 18.0. The molecule has 25 heavy (non-hydrogen) atoms. The third-order valence-corrected chi connectivity index (χ3v) is 4.62. The first kappa shape index (κ1) is 17.0. The van der Waals surface area contributed by atoms with E-state index in [1.165, 1.54) is 0 Å². The number of aliphatic carboxylic acids is 1. The SMILES string of the molecule is CC(C(=O)O)c1ccc(NC(=O)c2cc3c([nH]c2=O)CCCC3)cc1. The molecule has 0 saturated carbocycles. The van der Waals surface area contributed by atoms with Crippen molar-refractivity contribution in [2.24, 2.45) is 0 Å². The Balaban J connectivity index is 1.78. The van der Waals surface area contributed by atoms with E-state index in [1.54, 1.807) is 37.3 Å². The van der Waals surface area contributed by atoms with Crippen LogP contribution in [0.5, 0.6) is 0 Å². The van der Waals surface area contributed by atoms with Gasteiger partial charge in [-0.2, -0.15) is 0 Å². The number of carboxylic acid groups (broad SMARTS) is 1. The topological polar surface area (TPSA) is 99.3 Å². The number of fused-ring (bicyclic) bond motifs is 1. The van der Waals surface area contributed by atoms with Gasteiger partial charge in [0.1, 0.15) is 5.56 Å². The monoisotopic (exact) mass is 340 g/mol. The normalized spacial score (nSPS) is 14.4. The van der Waals surface area contributed by atoms with Gasteiger partial charge in [-0.1, -0.05) is 12.1 Å². The minimum absolute atomic E-state index is 0.101. The van der Waals surface area contributed by atoms with E-state index >= 15 is 0 Å². The molecule has 0 aliphatic heterocycles. The molecule has 1 aromatic carbocycles. The van der Waals surface area contributed by atoms with Gasteiger partial charge in [-0.05, 0) is 61.9 Å². The summed E-state index contributed by atoms with van der Waals surface area (Å²) in [6, 6.07) is 8.28. The van der Waals surface area contributed by atoms with Crippen LogP contribution >= 0.6 is 0 Å². The van der Waals surface area contributed by atoms with Crippen LogP contribution in [-0.2, 0) is 17.6 Å². The van der Waals surface area contributed by atoms with Crippen molar-refractivity contribution in [3.63, 3.8) is 0 Å². The first-order chi connectivity index (χ1) is 12.0. The Bertz CT molecular complexity index is 868. The molecule has 0 radical (unpaired) electrons. The number of amides is 1. The largest absolute Gasteiger partial charge is 0.481 e. The van der Waals surface area contributed by atoms with Crippen molar-refractivity contribution in [2.45, 2.75) is 38.5 Å². The summed E-state index contributed by atoms with van der Waals surface area (Å²) in [5.74, 6) is -1.99. The lowest BCUT2D eigenvalue weighted by Gasteiger charge is -2.16. The number of H-pyrrole nitrogens is 1. The number of nitrogens with one attached hydrogen (secondary N) is 2. The standard InChI is InChI=1S/C19H20N2O4/c1-11(19(24)25)12-6-8-14(9-7-12)20-17(22)15-10-13-4-2-3-5-16(13)21-18(15)23/h6-11H,2-5H2,1H3,(H,20,22)(H,21,23)(H,24,25). The number of hydrogen-bond donors (Lipinski definition) is 3. The van der Waals surface area contributed by atoms with Crippen molar-refractivity contribution >= 4 is 17.6 Å². The molecule has 1 amide bonds. The molecule has 6 nitrogen and oxygen atoms in total. The molecule has 130 valence electrons. The maximum absolute atomic E-state index is 12.4. The number of hydrogen-bond acceptors (Lipinski definition) is 3. The van der Waals surface area contributed by atoms with Crippen LogP contribution in [0.1, 0.15) is 52.9 Å². The Labute approximate surface area is 144 Å². The zero-order valence-corrected chi connectivity index (χ0v) is 14.0. The minimum Gasteiger partial charge on any atom is -0.481 e.